The van der Waals surface area contributed by atoms with Gasteiger partial charge in [-0.2, -0.15) is 0 Å². The Morgan fingerprint density at radius 1 is 1.33 bits per heavy atom. The zero-order valence-electron chi connectivity index (χ0n) is 13.6. The van der Waals surface area contributed by atoms with Crippen molar-refractivity contribution in [1.82, 2.24) is 0 Å². The smallest absolute Gasteiger partial charge is 0.306 e. The maximum atomic E-state index is 13.4. The summed E-state index contributed by atoms with van der Waals surface area (Å²) in [5.41, 5.74) is 8.72. The number of aryl methyl sites for hydroxylation is 2. The van der Waals surface area contributed by atoms with E-state index in [0.29, 0.717) is 19.4 Å². The molecule has 0 saturated heterocycles. The Hall–Kier alpha value is -1.42. The van der Waals surface area contributed by atoms with Gasteiger partial charge in [-0.05, 0) is 61.4 Å². The highest BCUT2D eigenvalue weighted by atomic mass is 19.1. The quantitative estimate of drug-likeness (QED) is 0.812. The molecule has 1 aromatic carbocycles. The molecule has 0 aromatic heterocycles. The van der Waals surface area contributed by atoms with Gasteiger partial charge in [-0.3, -0.25) is 4.79 Å². The number of carbonyl (C=O) groups excluding carboxylic acids is 1. The molecule has 0 aliphatic rings. The number of esters is 1. The van der Waals surface area contributed by atoms with Crippen LogP contribution in [0.25, 0.3) is 0 Å². The summed E-state index contributed by atoms with van der Waals surface area (Å²) in [7, 11) is 0. The van der Waals surface area contributed by atoms with E-state index in [2.05, 4.69) is 0 Å². The molecule has 21 heavy (non-hydrogen) atoms. The Kier molecular flexibility index (Phi) is 5.90. The molecule has 0 radical (unpaired) electrons. The highest BCUT2D eigenvalue weighted by Gasteiger charge is 2.27. The monoisotopic (exact) mass is 295 g/mol. The summed E-state index contributed by atoms with van der Waals surface area (Å²) >= 11 is 0. The Labute approximate surface area is 126 Å². The highest BCUT2D eigenvalue weighted by molar-refractivity contribution is 5.70. The van der Waals surface area contributed by atoms with Crippen LogP contribution < -0.4 is 5.73 Å². The SMILES string of the molecule is CCOC(=O)CC(C)(C)CC(N)c1c(C)cc(F)cc1C. The lowest BCUT2D eigenvalue weighted by Crippen LogP contribution is -2.26. The molecule has 1 rings (SSSR count). The normalized spacial score (nSPS) is 13.1. The van der Waals surface area contributed by atoms with E-state index in [9.17, 15) is 9.18 Å². The summed E-state index contributed by atoms with van der Waals surface area (Å²) in [6.45, 7) is 9.90. The molecule has 0 fully saturated rings. The Morgan fingerprint density at radius 2 is 1.86 bits per heavy atom. The van der Waals surface area contributed by atoms with E-state index in [0.717, 1.165) is 16.7 Å². The van der Waals surface area contributed by atoms with Gasteiger partial charge >= 0.3 is 5.97 Å². The number of carbonyl (C=O) groups is 1. The van der Waals surface area contributed by atoms with E-state index in [4.69, 9.17) is 10.5 Å². The van der Waals surface area contributed by atoms with Crippen LogP contribution >= 0.6 is 0 Å². The molecular formula is C17H26FNO2. The molecule has 2 N–H and O–H groups in total. The minimum Gasteiger partial charge on any atom is -0.466 e. The lowest BCUT2D eigenvalue weighted by molar-refractivity contribution is -0.145. The van der Waals surface area contributed by atoms with Crippen molar-refractivity contribution in [2.75, 3.05) is 6.61 Å². The standard InChI is InChI=1S/C17H26FNO2/c1-6-21-15(20)10-17(4,5)9-14(19)16-11(2)7-13(18)8-12(16)3/h7-8,14H,6,9-10,19H2,1-5H3. The van der Waals surface area contributed by atoms with Gasteiger partial charge < -0.3 is 10.5 Å². The zero-order chi connectivity index (χ0) is 16.2. The first-order valence-electron chi connectivity index (χ1n) is 7.34. The van der Waals surface area contributed by atoms with E-state index < -0.39 is 0 Å². The first-order valence-corrected chi connectivity index (χ1v) is 7.34. The van der Waals surface area contributed by atoms with Gasteiger partial charge in [-0.1, -0.05) is 13.8 Å². The second kappa shape index (κ2) is 7.03. The fourth-order valence-corrected chi connectivity index (χ4v) is 2.88. The molecule has 0 spiro atoms. The van der Waals surface area contributed by atoms with E-state index in [1.807, 2.05) is 27.7 Å². The van der Waals surface area contributed by atoms with Crippen LogP contribution in [0, 0.1) is 25.1 Å². The van der Waals surface area contributed by atoms with Gasteiger partial charge in [0.25, 0.3) is 0 Å². The van der Waals surface area contributed by atoms with Crippen molar-refractivity contribution in [2.24, 2.45) is 11.1 Å². The van der Waals surface area contributed by atoms with Crippen LogP contribution in [0.5, 0.6) is 0 Å². The maximum absolute atomic E-state index is 13.4. The van der Waals surface area contributed by atoms with Gasteiger partial charge in [-0.15, -0.1) is 0 Å². The average molecular weight is 295 g/mol. The minimum absolute atomic E-state index is 0.206. The van der Waals surface area contributed by atoms with Gasteiger partial charge in [0.05, 0.1) is 13.0 Å². The first kappa shape index (κ1) is 17.6. The van der Waals surface area contributed by atoms with Gasteiger partial charge in [0.1, 0.15) is 5.82 Å². The van der Waals surface area contributed by atoms with E-state index >= 15 is 0 Å². The van der Waals surface area contributed by atoms with Crippen LogP contribution in [0.15, 0.2) is 12.1 Å². The fourth-order valence-electron chi connectivity index (χ4n) is 2.88. The van der Waals surface area contributed by atoms with Gasteiger partial charge in [0.2, 0.25) is 0 Å². The van der Waals surface area contributed by atoms with Crippen molar-refractivity contribution in [3.8, 4) is 0 Å². The number of rotatable bonds is 6. The molecule has 0 bridgehead atoms. The largest absolute Gasteiger partial charge is 0.466 e. The molecule has 0 aliphatic heterocycles. The van der Waals surface area contributed by atoms with Crippen LogP contribution in [0.3, 0.4) is 0 Å². The minimum atomic E-state index is -0.265. The summed E-state index contributed by atoms with van der Waals surface area (Å²) < 4.78 is 18.4. The molecule has 0 aliphatic carbocycles. The molecule has 0 saturated carbocycles. The van der Waals surface area contributed by atoms with Gasteiger partial charge in [0.15, 0.2) is 0 Å². The molecular weight excluding hydrogens is 269 g/mol. The number of hydrogen-bond acceptors (Lipinski definition) is 3. The van der Waals surface area contributed by atoms with Crippen LogP contribution in [-0.4, -0.2) is 12.6 Å². The topological polar surface area (TPSA) is 52.3 Å². The first-order chi connectivity index (χ1) is 9.66. The fraction of sp³-hybridized carbons (Fsp3) is 0.588. The molecule has 0 heterocycles. The number of benzene rings is 1. The van der Waals surface area contributed by atoms with Crippen molar-refractivity contribution in [3.63, 3.8) is 0 Å². The van der Waals surface area contributed by atoms with Gasteiger partial charge in [-0.25, -0.2) is 4.39 Å². The van der Waals surface area contributed by atoms with Crippen molar-refractivity contribution >= 4 is 5.97 Å². The number of nitrogens with two attached hydrogens (primary N) is 1. The van der Waals surface area contributed by atoms with Crippen molar-refractivity contribution in [3.05, 3.63) is 34.6 Å². The number of hydrogen-bond donors (Lipinski definition) is 1. The summed E-state index contributed by atoms with van der Waals surface area (Å²) in [4.78, 5) is 11.6. The summed E-state index contributed by atoms with van der Waals surface area (Å²) in [6.07, 6.45) is 0.965. The molecule has 4 heteroatoms. The summed E-state index contributed by atoms with van der Waals surface area (Å²) in [5.74, 6) is -0.450. The van der Waals surface area contributed by atoms with E-state index in [1.54, 1.807) is 6.92 Å². The third kappa shape index (κ3) is 5.12. The molecule has 118 valence electrons. The van der Waals surface area contributed by atoms with E-state index in [1.165, 1.54) is 12.1 Å². The third-order valence-electron chi connectivity index (χ3n) is 3.63. The predicted octanol–water partition coefficient (Wildman–Crippen LogP) is 3.81. The van der Waals surface area contributed by atoms with Crippen LogP contribution in [0.4, 0.5) is 4.39 Å². The summed E-state index contributed by atoms with van der Waals surface area (Å²) in [5, 5.41) is 0. The van der Waals surface area contributed by atoms with Crippen molar-refractivity contribution in [2.45, 2.75) is 53.5 Å². The molecule has 0 amide bonds. The third-order valence-corrected chi connectivity index (χ3v) is 3.63. The van der Waals surface area contributed by atoms with Crippen LogP contribution in [-0.2, 0) is 9.53 Å². The Bertz CT molecular complexity index is 489. The van der Waals surface area contributed by atoms with Gasteiger partial charge in [0, 0.05) is 6.04 Å². The van der Waals surface area contributed by atoms with Crippen molar-refractivity contribution < 1.29 is 13.9 Å². The molecule has 1 aromatic rings. The molecule has 3 nitrogen and oxygen atoms in total. The second-order valence-electron chi connectivity index (χ2n) is 6.41. The molecule has 1 unspecified atom stereocenters. The molecule has 1 atom stereocenters. The van der Waals surface area contributed by atoms with Crippen molar-refractivity contribution in [1.29, 1.82) is 0 Å². The van der Waals surface area contributed by atoms with Crippen LogP contribution in [0.2, 0.25) is 0 Å². The average Bonchev–Trinajstić information content (AvgIpc) is 2.25. The number of halogens is 1. The predicted molar refractivity (Wildman–Crippen MR) is 82.5 cm³/mol. The second-order valence-corrected chi connectivity index (χ2v) is 6.41. The lowest BCUT2D eigenvalue weighted by atomic mass is 9.79. The number of ether oxygens (including phenoxy) is 1. The highest BCUT2D eigenvalue weighted by Crippen LogP contribution is 2.34. The lowest BCUT2D eigenvalue weighted by Gasteiger charge is -2.28. The zero-order valence-corrected chi connectivity index (χ0v) is 13.6. The Morgan fingerprint density at radius 3 is 2.33 bits per heavy atom. The maximum Gasteiger partial charge on any atom is 0.306 e. The van der Waals surface area contributed by atoms with E-state index in [-0.39, 0.29) is 23.2 Å². The summed E-state index contributed by atoms with van der Waals surface area (Å²) in [6, 6.07) is 2.77. The van der Waals surface area contributed by atoms with Crippen LogP contribution in [0.1, 0.15) is 56.3 Å². The Balaban J connectivity index is 2.85.